The molecule has 126 valence electrons. The Bertz CT molecular complexity index is 717. The molecule has 24 heavy (non-hydrogen) atoms. The Labute approximate surface area is 142 Å². The first kappa shape index (κ1) is 16.4. The van der Waals surface area contributed by atoms with Gasteiger partial charge in [-0.15, -0.1) is 0 Å². The van der Waals surface area contributed by atoms with Crippen LogP contribution in [0.15, 0.2) is 42.7 Å². The van der Waals surface area contributed by atoms with Crippen molar-refractivity contribution in [1.29, 1.82) is 0 Å². The number of aryl methyl sites for hydroxylation is 1. The lowest BCUT2D eigenvalue weighted by Gasteiger charge is -2.18. The molecule has 1 aromatic carbocycles. The van der Waals surface area contributed by atoms with Crippen LogP contribution in [0.1, 0.15) is 23.6 Å². The molecule has 3 rings (SSSR count). The minimum Gasteiger partial charge on any atom is -0.377 e. The Kier molecular flexibility index (Phi) is 4.78. The van der Waals surface area contributed by atoms with E-state index in [0.29, 0.717) is 6.42 Å². The Hall–Kier alpha value is -2.44. The summed E-state index contributed by atoms with van der Waals surface area (Å²) < 4.78 is 0. The number of carbonyl (C=O) groups is 1. The van der Waals surface area contributed by atoms with E-state index < -0.39 is 0 Å². The summed E-state index contributed by atoms with van der Waals surface area (Å²) in [6, 6.07) is 9.71. The fourth-order valence-electron chi connectivity index (χ4n) is 2.94. The number of hydrogen-bond acceptors (Lipinski definition) is 5. The van der Waals surface area contributed by atoms with Crippen molar-refractivity contribution >= 4 is 17.3 Å². The first-order chi connectivity index (χ1) is 11.5. The molecule has 0 bridgehead atoms. The summed E-state index contributed by atoms with van der Waals surface area (Å²) in [5, 5.41) is 3.00. The first-order valence-corrected chi connectivity index (χ1v) is 8.04. The quantitative estimate of drug-likeness (QED) is 0.802. The number of hydrazine groups is 1. The summed E-state index contributed by atoms with van der Waals surface area (Å²) in [5.41, 5.74) is 10.5. The molecular weight excluding hydrogens is 302 g/mol. The van der Waals surface area contributed by atoms with E-state index >= 15 is 0 Å². The van der Waals surface area contributed by atoms with Gasteiger partial charge in [0.2, 0.25) is 5.91 Å². The molecule has 2 atom stereocenters. The van der Waals surface area contributed by atoms with E-state index in [1.807, 2.05) is 49.3 Å². The van der Waals surface area contributed by atoms with Crippen molar-refractivity contribution in [3.63, 3.8) is 0 Å². The van der Waals surface area contributed by atoms with E-state index in [4.69, 9.17) is 0 Å². The molecule has 1 aromatic heterocycles. The average Bonchev–Trinajstić information content (AvgIpc) is 3.07. The summed E-state index contributed by atoms with van der Waals surface area (Å²) in [6.45, 7) is 2.06. The van der Waals surface area contributed by atoms with Gasteiger partial charge in [0.05, 0.1) is 0 Å². The zero-order valence-electron chi connectivity index (χ0n) is 14.2. The molecule has 1 fully saturated rings. The third-order valence-electron chi connectivity index (χ3n) is 4.29. The van der Waals surface area contributed by atoms with Gasteiger partial charge in [-0.1, -0.05) is 6.07 Å². The highest BCUT2D eigenvalue weighted by Gasteiger charge is 2.30. The number of nitrogens with one attached hydrogen (secondary N) is 3. The van der Waals surface area contributed by atoms with Gasteiger partial charge in [0, 0.05) is 43.9 Å². The number of benzene rings is 1. The molecule has 1 aliphatic rings. The lowest BCUT2D eigenvalue weighted by atomic mass is 10.0. The predicted molar refractivity (Wildman–Crippen MR) is 95.8 cm³/mol. The molecule has 2 unspecified atom stereocenters. The van der Waals surface area contributed by atoms with Gasteiger partial charge >= 0.3 is 0 Å². The Morgan fingerprint density at radius 2 is 1.96 bits per heavy atom. The predicted octanol–water partition coefficient (Wildman–Crippen LogP) is 2.00. The number of rotatable bonds is 4. The first-order valence-electron chi connectivity index (χ1n) is 8.04. The second-order valence-electron chi connectivity index (χ2n) is 6.30. The van der Waals surface area contributed by atoms with E-state index in [2.05, 4.69) is 28.1 Å². The van der Waals surface area contributed by atoms with Crippen molar-refractivity contribution in [2.45, 2.75) is 25.4 Å². The molecule has 0 aliphatic carbocycles. The molecule has 2 aromatic rings. The zero-order chi connectivity index (χ0) is 17.1. The Morgan fingerprint density at radius 3 is 2.67 bits per heavy atom. The van der Waals surface area contributed by atoms with Crippen molar-refractivity contribution in [2.75, 3.05) is 24.3 Å². The van der Waals surface area contributed by atoms with Crippen molar-refractivity contribution in [3.05, 3.63) is 53.9 Å². The van der Waals surface area contributed by atoms with E-state index in [9.17, 15) is 4.79 Å². The highest BCUT2D eigenvalue weighted by Crippen LogP contribution is 2.25. The van der Waals surface area contributed by atoms with Crippen LogP contribution in [0, 0.1) is 6.92 Å². The Balaban J connectivity index is 1.65. The van der Waals surface area contributed by atoms with Crippen LogP contribution in [0.5, 0.6) is 0 Å². The standard InChI is InChI=1S/C18H23N5O/c1-12-4-5-14(10-17(12)23(2)3)20-18(24)16-11-15(21-22-16)13-6-8-19-9-7-13/h4-10,15-16,21-22H,11H2,1-3H3,(H,20,24). The molecule has 0 spiro atoms. The third-order valence-corrected chi connectivity index (χ3v) is 4.29. The number of anilines is 2. The summed E-state index contributed by atoms with van der Waals surface area (Å²) in [6.07, 6.45) is 4.22. The van der Waals surface area contributed by atoms with Crippen LogP contribution in [0.25, 0.3) is 0 Å². The summed E-state index contributed by atoms with van der Waals surface area (Å²) in [4.78, 5) is 18.6. The lowest BCUT2D eigenvalue weighted by Crippen LogP contribution is -2.39. The second kappa shape index (κ2) is 6.98. The van der Waals surface area contributed by atoms with E-state index in [0.717, 1.165) is 16.9 Å². The molecule has 6 heteroatoms. The Morgan fingerprint density at radius 1 is 1.21 bits per heavy atom. The van der Waals surface area contributed by atoms with Crippen molar-refractivity contribution in [1.82, 2.24) is 15.8 Å². The van der Waals surface area contributed by atoms with Crippen molar-refractivity contribution in [3.8, 4) is 0 Å². The number of hydrogen-bond donors (Lipinski definition) is 3. The number of pyridine rings is 1. The number of carbonyl (C=O) groups excluding carboxylic acids is 1. The molecule has 6 nitrogen and oxygen atoms in total. The van der Waals surface area contributed by atoms with Crippen LogP contribution < -0.4 is 21.1 Å². The highest BCUT2D eigenvalue weighted by atomic mass is 16.2. The van der Waals surface area contributed by atoms with Gasteiger partial charge in [-0.05, 0) is 48.7 Å². The van der Waals surface area contributed by atoms with Crippen molar-refractivity contribution < 1.29 is 4.79 Å². The number of aromatic nitrogens is 1. The van der Waals surface area contributed by atoms with E-state index in [1.165, 1.54) is 5.56 Å². The average molecular weight is 325 g/mol. The summed E-state index contributed by atoms with van der Waals surface area (Å²) >= 11 is 0. The molecule has 2 heterocycles. The van der Waals surface area contributed by atoms with Gasteiger partial charge in [-0.3, -0.25) is 9.78 Å². The SMILES string of the molecule is Cc1ccc(NC(=O)C2CC(c3ccncc3)NN2)cc1N(C)C. The van der Waals surface area contributed by atoms with Gasteiger partial charge in [0.25, 0.3) is 0 Å². The highest BCUT2D eigenvalue weighted by molar-refractivity contribution is 5.95. The lowest BCUT2D eigenvalue weighted by molar-refractivity contribution is -0.117. The zero-order valence-corrected chi connectivity index (χ0v) is 14.2. The maximum absolute atomic E-state index is 12.5. The fraction of sp³-hybridized carbons (Fsp3) is 0.333. The number of nitrogens with zero attached hydrogens (tertiary/aromatic N) is 2. The normalized spacial score (nSPS) is 20.0. The van der Waals surface area contributed by atoms with Crippen LogP contribution in [0.3, 0.4) is 0 Å². The minimum atomic E-state index is -0.271. The van der Waals surface area contributed by atoms with Crippen LogP contribution in [-0.4, -0.2) is 31.0 Å². The van der Waals surface area contributed by atoms with E-state index in [1.54, 1.807) is 12.4 Å². The molecule has 3 N–H and O–H groups in total. The van der Waals surface area contributed by atoms with Crippen LogP contribution in [0.4, 0.5) is 11.4 Å². The van der Waals surface area contributed by atoms with Crippen molar-refractivity contribution in [2.24, 2.45) is 0 Å². The maximum atomic E-state index is 12.5. The smallest absolute Gasteiger partial charge is 0.242 e. The molecule has 1 amide bonds. The van der Waals surface area contributed by atoms with Crippen LogP contribution >= 0.6 is 0 Å². The fourth-order valence-corrected chi connectivity index (χ4v) is 2.94. The second-order valence-corrected chi connectivity index (χ2v) is 6.30. The van der Waals surface area contributed by atoms with Crippen LogP contribution in [0.2, 0.25) is 0 Å². The van der Waals surface area contributed by atoms with Crippen LogP contribution in [-0.2, 0) is 4.79 Å². The molecule has 0 saturated carbocycles. The number of amides is 1. The molecule has 0 radical (unpaired) electrons. The largest absolute Gasteiger partial charge is 0.377 e. The van der Waals surface area contributed by atoms with Gasteiger partial charge < -0.3 is 10.2 Å². The topological polar surface area (TPSA) is 69.3 Å². The molecule has 1 saturated heterocycles. The third kappa shape index (κ3) is 3.55. The van der Waals surface area contributed by atoms with Gasteiger partial charge in [0.1, 0.15) is 6.04 Å². The summed E-state index contributed by atoms with van der Waals surface area (Å²) in [5.74, 6) is -0.0346. The summed E-state index contributed by atoms with van der Waals surface area (Å²) in [7, 11) is 3.99. The molecule has 1 aliphatic heterocycles. The minimum absolute atomic E-state index is 0.0346. The van der Waals surface area contributed by atoms with E-state index in [-0.39, 0.29) is 18.0 Å². The van der Waals surface area contributed by atoms with Gasteiger partial charge in [0.15, 0.2) is 0 Å². The van der Waals surface area contributed by atoms with Gasteiger partial charge in [-0.25, -0.2) is 10.9 Å². The monoisotopic (exact) mass is 325 g/mol. The molecular formula is C18H23N5O. The maximum Gasteiger partial charge on any atom is 0.242 e. The van der Waals surface area contributed by atoms with Gasteiger partial charge in [-0.2, -0.15) is 0 Å².